The lowest BCUT2D eigenvalue weighted by molar-refractivity contribution is 0.102. The zero-order valence-corrected chi connectivity index (χ0v) is 17.6. The van der Waals surface area contributed by atoms with Crippen LogP contribution in [0.5, 0.6) is 5.75 Å². The highest BCUT2D eigenvalue weighted by Gasteiger charge is 2.19. The molecule has 30 heavy (non-hydrogen) atoms. The van der Waals surface area contributed by atoms with E-state index in [4.69, 9.17) is 4.74 Å². The minimum absolute atomic E-state index is 0.233. The largest absolute Gasteiger partial charge is 0.492 e. The van der Waals surface area contributed by atoms with E-state index in [1.807, 2.05) is 57.2 Å². The predicted octanol–water partition coefficient (Wildman–Crippen LogP) is 4.05. The molecule has 2 aromatic heterocycles. The Balaban J connectivity index is 1.57. The van der Waals surface area contributed by atoms with E-state index in [0.29, 0.717) is 28.8 Å². The van der Waals surface area contributed by atoms with E-state index in [0.717, 1.165) is 34.2 Å². The van der Waals surface area contributed by atoms with Gasteiger partial charge in [0, 0.05) is 17.1 Å². The number of hydrogen-bond donors (Lipinski definition) is 1. The fourth-order valence-electron chi connectivity index (χ4n) is 2.92. The van der Waals surface area contributed by atoms with Gasteiger partial charge in [-0.3, -0.25) is 10.1 Å². The average Bonchev–Trinajstić information content (AvgIpc) is 3.35. The molecular weight excluding hydrogens is 400 g/mol. The van der Waals surface area contributed by atoms with Crippen molar-refractivity contribution in [3.05, 3.63) is 65.4 Å². The van der Waals surface area contributed by atoms with Crippen molar-refractivity contribution < 1.29 is 9.53 Å². The summed E-state index contributed by atoms with van der Waals surface area (Å²) in [6.07, 6.45) is 0. The molecule has 0 atom stereocenters. The molecule has 0 aliphatic carbocycles. The molecule has 0 spiro atoms. The molecule has 0 fully saturated rings. The summed E-state index contributed by atoms with van der Waals surface area (Å²) in [6.45, 7) is 6.35. The second-order valence-corrected chi connectivity index (χ2v) is 7.33. The zero-order valence-electron chi connectivity index (χ0n) is 16.8. The van der Waals surface area contributed by atoms with Crippen molar-refractivity contribution in [3.63, 3.8) is 0 Å². The Morgan fingerprint density at radius 2 is 1.90 bits per heavy atom. The van der Waals surface area contributed by atoms with Crippen LogP contribution < -0.4 is 10.1 Å². The number of anilines is 1. The molecule has 1 N–H and O–H groups in total. The summed E-state index contributed by atoms with van der Waals surface area (Å²) < 4.78 is 11.7. The summed E-state index contributed by atoms with van der Waals surface area (Å²) in [5.41, 5.74) is 3.77. The normalized spacial score (nSPS) is 10.8. The van der Waals surface area contributed by atoms with Crippen molar-refractivity contribution >= 4 is 22.6 Å². The van der Waals surface area contributed by atoms with Crippen LogP contribution in [0, 0.1) is 13.8 Å². The Hall–Kier alpha value is -3.59. The molecule has 0 aliphatic heterocycles. The average molecular weight is 420 g/mol. The highest BCUT2D eigenvalue weighted by atomic mass is 32.1. The standard InChI is InChI=1S/C21H20N6O2S/c1-4-29-17-8-6-5-7-16(17)27-14(3)18(24-26-27)19-22-21(30-25-19)23-20(28)15-11-9-13(2)10-12-15/h5-12H,4H2,1-3H3,(H,22,23,25,28). The van der Waals surface area contributed by atoms with Crippen LogP contribution in [0.4, 0.5) is 5.13 Å². The van der Waals surface area contributed by atoms with Gasteiger partial charge in [0.25, 0.3) is 5.91 Å². The molecule has 4 aromatic rings. The number of nitrogens with zero attached hydrogens (tertiary/aromatic N) is 5. The molecule has 0 unspecified atom stereocenters. The van der Waals surface area contributed by atoms with Crippen molar-refractivity contribution in [3.8, 4) is 23.0 Å². The van der Waals surface area contributed by atoms with Gasteiger partial charge in [0.1, 0.15) is 11.4 Å². The van der Waals surface area contributed by atoms with E-state index < -0.39 is 0 Å². The van der Waals surface area contributed by atoms with Gasteiger partial charge < -0.3 is 4.74 Å². The summed E-state index contributed by atoms with van der Waals surface area (Å²) in [5, 5.41) is 11.7. The molecule has 2 aromatic carbocycles. The Bertz CT molecular complexity index is 1180. The molecule has 9 heteroatoms. The minimum atomic E-state index is -0.233. The van der Waals surface area contributed by atoms with Gasteiger partial charge in [0.15, 0.2) is 11.5 Å². The van der Waals surface area contributed by atoms with Gasteiger partial charge in [-0.2, -0.15) is 9.36 Å². The number of aryl methyl sites for hydroxylation is 1. The topological polar surface area (TPSA) is 94.8 Å². The first-order valence-electron chi connectivity index (χ1n) is 9.43. The fraction of sp³-hybridized carbons (Fsp3) is 0.190. The van der Waals surface area contributed by atoms with E-state index in [-0.39, 0.29) is 5.91 Å². The van der Waals surface area contributed by atoms with Gasteiger partial charge in [-0.15, -0.1) is 5.10 Å². The lowest BCUT2D eigenvalue weighted by atomic mass is 10.1. The number of rotatable bonds is 6. The molecule has 0 bridgehead atoms. The molecular formula is C21H20N6O2S. The van der Waals surface area contributed by atoms with Crippen LogP contribution in [-0.2, 0) is 0 Å². The quantitative estimate of drug-likeness (QED) is 0.506. The van der Waals surface area contributed by atoms with Gasteiger partial charge in [0.05, 0.1) is 12.3 Å². The molecule has 4 rings (SSSR count). The molecule has 0 saturated heterocycles. The van der Waals surface area contributed by atoms with Gasteiger partial charge in [0.2, 0.25) is 5.13 Å². The van der Waals surface area contributed by atoms with Crippen LogP contribution in [-0.4, -0.2) is 36.9 Å². The van der Waals surface area contributed by atoms with Crippen LogP contribution in [0.1, 0.15) is 28.5 Å². The number of nitrogens with one attached hydrogen (secondary N) is 1. The molecule has 1 amide bonds. The van der Waals surface area contributed by atoms with Gasteiger partial charge >= 0.3 is 0 Å². The maximum Gasteiger partial charge on any atom is 0.257 e. The first-order chi connectivity index (χ1) is 14.6. The minimum Gasteiger partial charge on any atom is -0.492 e. The summed E-state index contributed by atoms with van der Waals surface area (Å²) in [5.74, 6) is 0.900. The molecule has 0 aliphatic rings. The monoisotopic (exact) mass is 420 g/mol. The summed E-state index contributed by atoms with van der Waals surface area (Å²) >= 11 is 1.10. The molecule has 0 radical (unpaired) electrons. The predicted molar refractivity (Wildman–Crippen MR) is 115 cm³/mol. The van der Waals surface area contributed by atoms with Crippen LogP contribution in [0.3, 0.4) is 0 Å². The second-order valence-electron chi connectivity index (χ2n) is 6.58. The molecule has 8 nitrogen and oxygen atoms in total. The first kappa shape index (κ1) is 19.7. The number of amides is 1. The van der Waals surface area contributed by atoms with Crippen molar-refractivity contribution in [2.45, 2.75) is 20.8 Å². The van der Waals surface area contributed by atoms with Crippen LogP contribution in [0.2, 0.25) is 0 Å². The molecule has 2 heterocycles. The first-order valence-corrected chi connectivity index (χ1v) is 10.2. The summed E-state index contributed by atoms with van der Waals surface area (Å²) in [7, 11) is 0. The molecule has 0 saturated carbocycles. The summed E-state index contributed by atoms with van der Waals surface area (Å²) in [6, 6.07) is 15.0. The molecule has 152 valence electrons. The Kier molecular flexibility index (Phi) is 5.53. The van der Waals surface area contributed by atoms with Crippen LogP contribution in [0.15, 0.2) is 48.5 Å². The second kappa shape index (κ2) is 8.42. The Morgan fingerprint density at radius 1 is 1.13 bits per heavy atom. The fourth-order valence-corrected chi connectivity index (χ4v) is 3.48. The highest BCUT2D eigenvalue weighted by molar-refractivity contribution is 7.10. The Labute approximate surface area is 177 Å². The van der Waals surface area contributed by atoms with Crippen molar-refractivity contribution in [1.82, 2.24) is 24.4 Å². The van der Waals surface area contributed by atoms with E-state index in [1.165, 1.54) is 0 Å². The number of hydrogen-bond acceptors (Lipinski definition) is 7. The third kappa shape index (κ3) is 3.92. The maximum absolute atomic E-state index is 12.4. The number of benzene rings is 2. The van der Waals surface area contributed by atoms with E-state index in [9.17, 15) is 4.79 Å². The lowest BCUT2D eigenvalue weighted by Crippen LogP contribution is -2.11. The van der Waals surface area contributed by atoms with Crippen LogP contribution in [0.25, 0.3) is 17.2 Å². The van der Waals surface area contributed by atoms with Crippen molar-refractivity contribution in [2.24, 2.45) is 0 Å². The maximum atomic E-state index is 12.4. The van der Waals surface area contributed by atoms with Crippen LogP contribution >= 0.6 is 11.5 Å². The SMILES string of the molecule is CCOc1ccccc1-n1nnc(-c2nsc(NC(=O)c3ccc(C)cc3)n2)c1C. The number of carbonyl (C=O) groups is 1. The van der Waals surface area contributed by atoms with E-state index >= 15 is 0 Å². The van der Waals surface area contributed by atoms with E-state index in [1.54, 1.807) is 16.8 Å². The lowest BCUT2D eigenvalue weighted by Gasteiger charge is -2.10. The van der Waals surface area contributed by atoms with Gasteiger partial charge in [-0.05, 0) is 45.0 Å². The van der Waals surface area contributed by atoms with Gasteiger partial charge in [-0.25, -0.2) is 4.68 Å². The smallest absolute Gasteiger partial charge is 0.257 e. The van der Waals surface area contributed by atoms with Crippen molar-refractivity contribution in [2.75, 3.05) is 11.9 Å². The highest BCUT2D eigenvalue weighted by Crippen LogP contribution is 2.27. The number of aromatic nitrogens is 5. The Morgan fingerprint density at radius 3 is 2.67 bits per heavy atom. The van der Waals surface area contributed by atoms with Gasteiger partial charge in [-0.1, -0.05) is 35.0 Å². The number of carbonyl (C=O) groups excluding carboxylic acids is 1. The number of ether oxygens (including phenoxy) is 1. The van der Waals surface area contributed by atoms with Crippen molar-refractivity contribution in [1.29, 1.82) is 0 Å². The zero-order chi connectivity index (χ0) is 21.1. The number of para-hydroxylation sites is 2. The summed E-state index contributed by atoms with van der Waals surface area (Å²) in [4.78, 5) is 16.8. The third-order valence-electron chi connectivity index (χ3n) is 4.46. The third-order valence-corrected chi connectivity index (χ3v) is 5.09. The van der Waals surface area contributed by atoms with E-state index in [2.05, 4.69) is 25.0 Å².